The monoisotopic (exact) mass is 216 g/mol. The minimum Gasteiger partial charge on any atom is -0.377 e. The van der Waals surface area contributed by atoms with Gasteiger partial charge in [-0.3, -0.25) is 0 Å². The lowest BCUT2D eigenvalue weighted by Crippen LogP contribution is -2.36. The van der Waals surface area contributed by atoms with Crippen molar-refractivity contribution in [2.75, 3.05) is 33.8 Å². The summed E-state index contributed by atoms with van der Waals surface area (Å²) in [5.41, 5.74) is 0. The minimum atomic E-state index is 0.353. The number of nitrogens with zero attached hydrogens (tertiary/aromatic N) is 1. The number of rotatable bonds is 9. The molecule has 0 aromatic carbocycles. The molecule has 0 amide bonds. The largest absolute Gasteiger partial charge is 0.377 e. The second-order valence-electron chi connectivity index (χ2n) is 4.39. The van der Waals surface area contributed by atoms with Crippen molar-refractivity contribution in [2.45, 2.75) is 45.8 Å². The van der Waals surface area contributed by atoms with Crippen LogP contribution in [0.5, 0.6) is 0 Å². The summed E-state index contributed by atoms with van der Waals surface area (Å²) in [6.07, 6.45) is 2.63. The summed E-state index contributed by atoms with van der Waals surface area (Å²) in [6, 6.07) is 0.590. The van der Waals surface area contributed by atoms with E-state index in [1.54, 1.807) is 0 Å². The van der Waals surface area contributed by atoms with Crippen LogP contribution in [0.2, 0.25) is 0 Å². The summed E-state index contributed by atoms with van der Waals surface area (Å²) in [6.45, 7) is 9.35. The van der Waals surface area contributed by atoms with Crippen LogP contribution in [-0.4, -0.2) is 50.8 Å². The van der Waals surface area contributed by atoms with Gasteiger partial charge < -0.3 is 15.0 Å². The quantitative estimate of drug-likeness (QED) is 0.635. The molecule has 3 heteroatoms. The highest BCUT2D eigenvalue weighted by atomic mass is 16.5. The second kappa shape index (κ2) is 9.13. The molecule has 0 saturated carbocycles. The molecule has 0 radical (unpaired) electrons. The molecular formula is C12H28N2O. The lowest BCUT2D eigenvalue weighted by atomic mass is 10.2. The molecule has 2 atom stereocenters. The molecule has 0 spiro atoms. The lowest BCUT2D eigenvalue weighted by molar-refractivity contribution is 0.0502. The molecule has 0 aliphatic heterocycles. The lowest BCUT2D eigenvalue weighted by Gasteiger charge is -2.21. The van der Waals surface area contributed by atoms with Crippen molar-refractivity contribution in [1.82, 2.24) is 10.2 Å². The van der Waals surface area contributed by atoms with Gasteiger partial charge in [-0.15, -0.1) is 0 Å². The predicted molar refractivity (Wildman–Crippen MR) is 66.3 cm³/mol. The Morgan fingerprint density at radius 1 is 1.27 bits per heavy atom. The van der Waals surface area contributed by atoms with E-state index in [1.807, 2.05) is 0 Å². The van der Waals surface area contributed by atoms with Crippen molar-refractivity contribution in [3.8, 4) is 0 Å². The van der Waals surface area contributed by atoms with E-state index in [1.165, 1.54) is 6.42 Å². The highest BCUT2D eigenvalue weighted by Crippen LogP contribution is 2.00. The molecule has 0 aromatic rings. The van der Waals surface area contributed by atoms with Crippen LogP contribution in [0.3, 0.4) is 0 Å². The molecule has 0 aliphatic carbocycles. The summed E-state index contributed by atoms with van der Waals surface area (Å²) in [7, 11) is 4.20. The van der Waals surface area contributed by atoms with E-state index in [0.29, 0.717) is 12.1 Å². The number of nitrogens with one attached hydrogen (secondary N) is 1. The maximum Gasteiger partial charge on any atom is 0.0711 e. The molecule has 1 N–H and O–H groups in total. The van der Waals surface area contributed by atoms with Gasteiger partial charge in [-0.2, -0.15) is 0 Å². The highest BCUT2D eigenvalue weighted by molar-refractivity contribution is 4.66. The first-order valence-electron chi connectivity index (χ1n) is 6.09. The Bertz CT molecular complexity index is 140. The molecule has 0 aliphatic rings. The first-order chi connectivity index (χ1) is 7.10. The fourth-order valence-electron chi connectivity index (χ4n) is 1.36. The van der Waals surface area contributed by atoms with Gasteiger partial charge in [0.25, 0.3) is 0 Å². The number of hydrogen-bond acceptors (Lipinski definition) is 3. The molecule has 0 rings (SSSR count). The van der Waals surface area contributed by atoms with Gasteiger partial charge in [0, 0.05) is 25.7 Å². The van der Waals surface area contributed by atoms with Gasteiger partial charge in [-0.25, -0.2) is 0 Å². The van der Waals surface area contributed by atoms with Gasteiger partial charge in [0.05, 0.1) is 6.10 Å². The van der Waals surface area contributed by atoms with E-state index in [-0.39, 0.29) is 0 Å². The van der Waals surface area contributed by atoms with Crippen LogP contribution in [0.1, 0.15) is 33.6 Å². The Balaban J connectivity index is 3.72. The van der Waals surface area contributed by atoms with Gasteiger partial charge in [0.15, 0.2) is 0 Å². The van der Waals surface area contributed by atoms with Gasteiger partial charge in [0.1, 0.15) is 0 Å². The number of ether oxygens (including phenoxy) is 1. The van der Waals surface area contributed by atoms with E-state index in [2.05, 4.69) is 45.1 Å². The van der Waals surface area contributed by atoms with E-state index in [4.69, 9.17) is 4.74 Å². The van der Waals surface area contributed by atoms with Gasteiger partial charge in [-0.1, -0.05) is 6.92 Å². The first kappa shape index (κ1) is 14.9. The van der Waals surface area contributed by atoms with Crippen LogP contribution in [0, 0.1) is 0 Å². The zero-order valence-corrected chi connectivity index (χ0v) is 11.0. The average molecular weight is 216 g/mol. The molecule has 0 bridgehead atoms. The van der Waals surface area contributed by atoms with Crippen LogP contribution in [0.15, 0.2) is 0 Å². The molecule has 0 fully saturated rings. The Hall–Kier alpha value is -0.120. The highest BCUT2D eigenvalue weighted by Gasteiger charge is 2.09. The fraction of sp³-hybridized carbons (Fsp3) is 1.00. The summed E-state index contributed by atoms with van der Waals surface area (Å²) in [4.78, 5) is 2.20. The third-order valence-electron chi connectivity index (χ3n) is 2.61. The fourth-order valence-corrected chi connectivity index (χ4v) is 1.36. The zero-order valence-electron chi connectivity index (χ0n) is 11.0. The molecular weight excluding hydrogens is 188 g/mol. The van der Waals surface area contributed by atoms with Crippen molar-refractivity contribution in [2.24, 2.45) is 0 Å². The normalized spacial score (nSPS) is 15.6. The Morgan fingerprint density at radius 2 is 1.93 bits per heavy atom. The maximum absolute atomic E-state index is 5.70. The van der Waals surface area contributed by atoms with Crippen molar-refractivity contribution in [3.63, 3.8) is 0 Å². The third kappa shape index (κ3) is 8.85. The van der Waals surface area contributed by atoms with Crippen LogP contribution < -0.4 is 5.32 Å². The average Bonchev–Trinajstić information content (AvgIpc) is 2.21. The molecule has 92 valence electrons. The standard InChI is InChI=1S/C12H28N2O/c1-6-11(3)13-10-12(15-7-2)8-9-14(4)5/h11-13H,6-10H2,1-5H3. The Morgan fingerprint density at radius 3 is 2.40 bits per heavy atom. The van der Waals surface area contributed by atoms with Crippen molar-refractivity contribution in [1.29, 1.82) is 0 Å². The summed E-state index contributed by atoms with van der Waals surface area (Å²) in [5.74, 6) is 0. The molecule has 0 saturated heterocycles. The van der Waals surface area contributed by atoms with Crippen molar-refractivity contribution < 1.29 is 4.74 Å². The van der Waals surface area contributed by atoms with Crippen LogP contribution in [0.4, 0.5) is 0 Å². The van der Waals surface area contributed by atoms with Crippen molar-refractivity contribution >= 4 is 0 Å². The van der Waals surface area contributed by atoms with Gasteiger partial charge >= 0.3 is 0 Å². The van der Waals surface area contributed by atoms with Gasteiger partial charge in [0.2, 0.25) is 0 Å². The van der Waals surface area contributed by atoms with E-state index in [9.17, 15) is 0 Å². The third-order valence-corrected chi connectivity index (χ3v) is 2.61. The van der Waals surface area contributed by atoms with Crippen LogP contribution in [0.25, 0.3) is 0 Å². The Labute approximate surface area is 95.2 Å². The summed E-state index contributed by atoms with van der Waals surface area (Å²) < 4.78 is 5.70. The van der Waals surface area contributed by atoms with E-state index >= 15 is 0 Å². The molecule has 2 unspecified atom stereocenters. The molecule has 0 aromatic heterocycles. The van der Waals surface area contributed by atoms with Crippen LogP contribution in [-0.2, 0) is 4.74 Å². The Kier molecular flexibility index (Phi) is 9.06. The molecule has 15 heavy (non-hydrogen) atoms. The SMILES string of the molecule is CCOC(CCN(C)C)CNC(C)CC. The predicted octanol–water partition coefficient (Wildman–Crippen LogP) is 1.73. The first-order valence-corrected chi connectivity index (χ1v) is 6.09. The number of hydrogen-bond donors (Lipinski definition) is 1. The second-order valence-corrected chi connectivity index (χ2v) is 4.39. The smallest absolute Gasteiger partial charge is 0.0711 e. The summed E-state index contributed by atoms with van der Waals surface area (Å²) in [5, 5.41) is 3.50. The van der Waals surface area contributed by atoms with E-state index < -0.39 is 0 Å². The molecule has 3 nitrogen and oxygen atoms in total. The zero-order chi connectivity index (χ0) is 11.7. The maximum atomic E-state index is 5.70. The topological polar surface area (TPSA) is 24.5 Å². The van der Waals surface area contributed by atoms with Crippen molar-refractivity contribution in [3.05, 3.63) is 0 Å². The summed E-state index contributed by atoms with van der Waals surface area (Å²) >= 11 is 0. The van der Waals surface area contributed by atoms with E-state index in [0.717, 1.165) is 26.1 Å². The minimum absolute atomic E-state index is 0.353. The molecule has 0 heterocycles. The van der Waals surface area contributed by atoms with Gasteiger partial charge in [-0.05, 0) is 40.8 Å². The van der Waals surface area contributed by atoms with Crippen LogP contribution >= 0.6 is 0 Å².